The summed E-state index contributed by atoms with van der Waals surface area (Å²) in [7, 11) is -3.21. The second-order valence-electron chi connectivity index (χ2n) is 3.94. The Morgan fingerprint density at radius 3 is 2.44 bits per heavy atom. The van der Waals surface area contributed by atoms with E-state index in [0.717, 1.165) is 18.2 Å². The summed E-state index contributed by atoms with van der Waals surface area (Å²) >= 11 is 3.31. The van der Waals surface area contributed by atoms with E-state index in [9.17, 15) is 8.42 Å². The molecule has 0 heterocycles. The van der Waals surface area contributed by atoms with Gasteiger partial charge in [0.2, 0.25) is 10.0 Å². The molecule has 16 heavy (non-hydrogen) atoms. The third-order valence-electron chi connectivity index (χ3n) is 2.10. The Morgan fingerprint density at radius 1 is 1.38 bits per heavy atom. The number of ether oxygens (including phenoxy) is 1. The van der Waals surface area contributed by atoms with Crippen LogP contribution in [0, 0.1) is 0 Å². The van der Waals surface area contributed by atoms with Gasteiger partial charge in [0.15, 0.2) is 0 Å². The third-order valence-corrected chi connectivity index (χ3v) is 3.95. The first kappa shape index (κ1) is 16.4. The van der Waals surface area contributed by atoms with Crippen LogP contribution in [0.4, 0.5) is 0 Å². The minimum atomic E-state index is -3.21. The fraction of sp³-hybridized carbons (Fsp3) is 1.00. The van der Waals surface area contributed by atoms with Crippen LogP contribution in [-0.4, -0.2) is 38.3 Å². The van der Waals surface area contributed by atoms with Gasteiger partial charge in [-0.25, -0.2) is 13.1 Å². The maximum atomic E-state index is 11.6. The fourth-order valence-electron chi connectivity index (χ4n) is 1.18. The first-order chi connectivity index (χ1) is 7.41. The van der Waals surface area contributed by atoms with Crippen molar-refractivity contribution in [2.75, 3.05) is 17.7 Å². The minimum Gasteiger partial charge on any atom is -0.378 e. The van der Waals surface area contributed by atoms with E-state index in [-0.39, 0.29) is 24.5 Å². The van der Waals surface area contributed by atoms with Crippen molar-refractivity contribution < 1.29 is 13.2 Å². The van der Waals surface area contributed by atoms with Crippen LogP contribution in [-0.2, 0) is 14.8 Å². The van der Waals surface area contributed by atoms with Crippen LogP contribution >= 0.6 is 15.9 Å². The molecule has 0 aromatic heterocycles. The summed E-state index contributed by atoms with van der Waals surface area (Å²) in [6.45, 7) is 6.00. The third kappa shape index (κ3) is 8.50. The summed E-state index contributed by atoms with van der Waals surface area (Å²) in [6.07, 6.45) is 1.68. The highest BCUT2D eigenvalue weighted by molar-refractivity contribution is 9.09. The summed E-state index contributed by atoms with van der Waals surface area (Å²) in [6, 6.07) is 0.0171. The van der Waals surface area contributed by atoms with Gasteiger partial charge in [-0.05, 0) is 26.7 Å². The van der Waals surface area contributed by atoms with Crippen LogP contribution in [0.3, 0.4) is 0 Å². The Bertz CT molecular complexity index is 267. The molecule has 0 radical (unpaired) electrons. The molecule has 0 spiro atoms. The van der Waals surface area contributed by atoms with Gasteiger partial charge in [0.1, 0.15) is 0 Å². The Morgan fingerprint density at radius 2 is 2.00 bits per heavy atom. The van der Waals surface area contributed by atoms with E-state index >= 15 is 0 Å². The molecule has 1 N–H and O–H groups in total. The lowest BCUT2D eigenvalue weighted by Crippen LogP contribution is -2.37. The first-order valence-corrected chi connectivity index (χ1v) is 8.36. The van der Waals surface area contributed by atoms with E-state index < -0.39 is 10.0 Å². The predicted octanol–water partition coefficient (Wildman–Crippen LogP) is 1.89. The zero-order valence-electron chi connectivity index (χ0n) is 10.2. The highest BCUT2D eigenvalue weighted by Crippen LogP contribution is 2.03. The molecule has 98 valence electrons. The quantitative estimate of drug-likeness (QED) is 0.661. The summed E-state index contributed by atoms with van der Waals surface area (Å²) in [5.41, 5.74) is 0. The molecule has 0 aromatic rings. The largest absolute Gasteiger partial charge is 0.378 e. The van der Waals surface area contributed by atoms with Gasteiger partial charge in [0, 0.05) is 11.4 Å². The van der Waals surface area contributed by atoms with Gasteiger partial charge in [-0.3, -0.25) is 0 Å². The summed E-state index contributed by atoms with van der Waals surface area (Å²) < 4.78 is 31.2. The second kappa shape index (κ2) is 8.44. The van der Waals surface area contributed by atoms with Crippen molar-refractivity contribution in [2.45, 2.75) is 45.8 Å². The molecule has 6 heteroatoms. The zero-order valence-corrected chi connectivity index (χ0v) is 12.6. The van der Waals surface area contributed by atoms with Crippen molar-refractivity contribution in [3.8, 4) is 0 Å². The minimum absolute atomic E-state index is 0.0171. The summed E-state index contributed by atoms with van der Waals surface area (Å²) in [4.78, 5) is 0. The van der Waals surface area contributed by atoms with Crippen molar-refractivity contribution in [3.05, 3.63) is 0 Å². The average Bonchev–Trinajstić information content (AvgIpc) is 2.15. The smallest absolute Gasteiger partial charge is 0.214 e. The standard InChI is InChI=1S/C10H22BrNO3S/c1-4-10(5-6-11)12-16(13,14)8-7-15-9(2)3/h9-10,12H,4-8H2,1-3H3. The number of nitrogens with one attached hydrogen (secondary N) is 1. The molecule has 0 aromatic carbocycles. The van der Waals surface area contributed by atoms with Gasteiger partial charge >= 0.3 is 0 Å². The van der Waals surface area contributed by atoms with Crippen molar-refractivity contribution in [1.29, 1.82) is 0 Å². The molecule has 0 saturated carbocycles. The average molecular weight is 316 g/mol. The van der Waals surface area contributed by atoms with Crippen LogP contribution in [0.15, 0.2) is 0 Å². The zero-order chi connectivity index (χ0) is 12.6. The molecule has 0 aliphatic carbocycles. The van der Waals surface area contributed by atoms with Crippen molar-refractivity contribution >= 4 is 26.0 Å². The molecule has 0 amide bonds. The SMILES string of the molecule is CCC(CCBr)NS(=O)(=O)CCOC(C)C. The van der Waals surface area contributed by atoms with Gasteiger partial charge in [-0.15, -0.1) is 0 Å². The molecule has 0 aliphatic rings. The highest BCUT2D eigenvalue weighted by Gasteiger charge is 2.16. The molecule has 4 nitrogen and oxygen atoms in total. The number of sulfonamides is 1. The monoisotopic (exact) mass is 315 g/mol. The lowest BCUT2D eigenvalue weighted by molar-refractivity contribution is 0.0911. The molecule has 0 fully saturated rings. The topological polar surface area (TPSA) is 55.4 Å². The van der Waals surface area contributed by atoms with Gasteiger partial charge < -0.3 is 4.74 Å². The summed E-state index contributed by atoms with van der Waals surface area (Å²) in [5.74, 6) is 0.0317. The van der Waals surface area contributed by atoms with Crippen LogP contribution in [0.2, 0.25) is 0 Å². The maximum Gasteiger partial charge on any atom is 0.214 e. The van der Waals surface area contributed by atoms with Gasteiger partial charge in [0.25, 0.3) is 0 Å². The fourth-order valence-corrected chi connectivity index (χ4v) is 2.96. The Hall–Kier alpha value is 0.350. The van der Waals surface area contributed by atoms with Gasteiger partial charge in [-0.2, -0.15) is 0 Å². The van der Waals surface area contributed by atoms with E-state index in [1.165, 1.54) is 0 Å². The molecular formula is C10H22BrNO3S. The van der Waals surface area contributed by atoms with E-state index in [0.29, 0.717) is 0 Å². The van der Waals surface area contributed by atoms with Crippen molar-refractivity contribution in [1.82, 2.24) is 4.72 Å². The number of halogens is 1. The van der Waals surface area contributed by atoms with Crippen LogP contribution in [0.25, 0.3) is 0 Å². The molecule has 1 atom stereocenters. The number of rotatable bonds is 9. The van der Waals surface area contributed by atoms with E-state index in [2.05, 4.69) is 20.7 Å². The molecule has 1 unspecified atom stereocenters. The number of alkyl halides is 1. The van der Waals surface area contributed by atoms with E-state index in [4.69, 9.17) is 4.74 Å². The van der Waals surface area contributed by atoms with Crippen molar-refractivity contribution in [3.63, 3.8) is 0 Å². The predicted molar refractivity (Wildman–Crippen MR) is 70.5 cm³/mol. The molecular weight excluding hydrogens is 294 g/mol. The lowest BCUT2D eigenvalue weighted by Gasteiger charge is -2.16. The normalized spacial score (nSPS) is 14.3. The van der Waals surface area contributed by atoms with Crippen LogP contribution in [0.1, 0.15) is 33.6 Å². The Balaban J connectivity index is 4.02. The first-order valence-electron chi connectivity index (χ1n) is 5.58. The van der Waals surface area contributed by atoms with Gasteiger partial charge in [-0.1, -0.05) is 22.9 Å². The number of hydrogen-bond acceptors (Lipinski definition) is 3. The second-order valence-corrected chi connectivity index (χ2v) is 6.61. The molecule has 0 bridgehead atoms. The lowest BCUT2D eigenvalue weighted by atomic mass is 10.2. The van der Waals surface area contributed by atoms with E-state index in [1.807, 2.05) is 20.8 Å². The molecule has 0 saturated heterocycles. The Labute approximate surface area is 107 Å². The molecule has 0 rings (SSSR count). The van der Waals surface area contributed by atoms with Gasteiger partial charge in [0.05, 0.1) is 18.5 Å². The summed E-state index contributed by atoms with van der Waals surface area (Å²) in [5, 5.41) is 0.802. The van der Waals surface area contributed by atoms with E-state index in [1.54, 1.807) is 0 Å². The van der Waals surface area contributed by atoms with Crippen molar-refractivity contribution in [2.24, 2.45) is 0 Å². The molecule has 0 aliphatic heterocycles. The maximum absolute atomic E-state index is 11.6. The number of hydrogen-bond donors (Lipinski definition) is 1. The van der Waals surface area contributed by atoms with Crippen LogP contribution in [0.5, 0.6) is 0 Å². The highest BCUT2D eigenvalue weighted by atomic mass is 79.9. The van der Waals surface area contributed by atoms with Crippen LogP contribution < -0.4 is 4.72 Å². The Kier molecular flexibility index (Phi) is 8.63.